The summed E-state index contributed by atoms with van der Waals surface area (Å²) in [6, 6.07) is -0.153. The van der Waals surface area contributed by atoms with Crippen molar-refractivity contribution < 1.29 is 19.5 Å². The van der Waals surface area contributed by atoms with Crippen LogP contribution in [0.25, 0.3) is 0 Å². The number of thiophene rings is 1. The molecule has 3 heterocycles. The first-order valence-corrected chi connectivity index (χ1v) is 11.0. The number of aliphatic hydroxyl groups excluding tert-OH is 1. The second-order valence-corrected chi connectivity index (χ2v) is 8.70. The highest BCUT2D eigenvalue weighted by atomic mass is 32.1. The molecule has 0 aliphatic carbocycles. The normalized spacial score (nSPS) is 18.1. The number of fused-ring (bicyclic) bond motifs is 3. The van der Waals surface area contributed by atoms with Gasteiger partial charge in [-0.05, 0) is 32.0 Å². The van der Waals surface area contributed by atoms with Gasteiger partial charge in [0, 0.05) is 25.0 Å². The number of hydrogen-bond donors (Lipinski definition) is 1. The van der Waals surface area contributed by atoms with Gasteiger partial charge in [0.1, 0.15) is 11.5 Å². The summed E-state index contributed by atoms with van der Waals surface area (Å²) in [7, 11) is 3.59. The van der Waals surface area contributed by atoms with Crippen LogP contribution < -0.4 is 4.90 Å². The van der Waals surface area contributed by atoms with Crippen LogP contribution >= 0.6 is 11.3 Å². The average Bonchev–Trinajstić information content (AvgIpc) is 3.05. The third-order valence-electron chi connectivity index (χ3n) is 5.86. The maximum Gasteiger partial charge on any atom is 0.257 e. The molecule has 9 heteroatoms. The maximum absolute atomic E-state index is 13.1. The number of likely N-dealkylation sites (N-methyl/N-ethyl adjacent to an activating group) is 2. The zero-order valence-electron chi connectivity index (χ0n) is 17.6. The second kappa shape index (κ2) is 8.81. The third kappa shape index (κ3) is 3.91. The standard InChI is InChI=1S/C20H30N4O4S/c1-5-14(21(3)6-2)18(27)23-8-7-13-15(11-23)29-20-17(13)19(28)22(4)12-16(26)24(20)9-10-25/h14,25H,5-12H2,1-4H3. The predicted octanol–water partition coefficient (Wildman–Crippen LogP) is 0.774. The first kappa shape index (κ1) is 21.7. The van der Waals surface area contributed by atoms with Gasteiger partial charge in [-0.25, -0.2) is 0 Å². The summed E-state index contributed by atoms with van der Waals surface area (Å²) >= 11 is 1.40. The highest BCUT2D eigenvalue weighted by molar-refractivity contribution is 7.17. The fourth-order valence-electron chi connectivity index (χ4n) is 4.08. The Morgan fingerprint density at radius 2 is 2.00 bits per heavy atom. The number of carbonyl (C=O) groups excluding carboxylic acids is 3. The molecule has 1 atom stereocenters. The van der Waals surface area contributed by atoms with E-state index in [9.17, 15) is 19.5 Å². The zero-order valence-corrected chi connectivity index (χ0v) is 18.4. The number of nitrogens with zero attached hydrogens (tertiary/aromatic N) is 4. The van der Waals surface area contributed by atoms with Crippen LogP contribution in [0.3, 0.4) is 0 Å². The molecule has 1 N–H and O–H groups in total. The first-order valence-electron chi connectivity index (χ1n) is 10.1. The summed E-state index contributed by atoms with van der Waals surface area (Å²) < 4.78 is 0. The molecule has 0 saturated carbocycles. The molecule has 0 fully saturated rings. The Labute approximate surface area is 175 Å². The largest absolute Gasteiger partial charge is 0.395 e. The van der Waals surface area contributed by atoms with Crippen molar-refractivity contribution in [1.29, 1.82) is 0 Å². The van der Waals surface area contributed by atoms with Crippen LogP contribution in [0.4, 0.5) is 5.00 Å². The Bertz CT molecular complexity index is 809. The van der Waals surface area contributed by atoms with Crippen molar-refractivity contribution in [2.75, 3.05) is 51.8 Å². The van der Waals surface area contributed by atoms with Gasteiger partial charge >= 0.3 is 0 Å². The lowest BCUT2D eigenvalue weighted by Crippen LogP contribution is -2.48. The van der Waals surface area contributed by atoms with E-state index in [-0.39, 0.29) is 43.5 Å². The van der Waals surface area contributed by atoms with Crippen LogP contribution in [0, 0.1) is 0 Å². The highest BCUT2D eigenvalue weighted by Gasteiger charge is 2.38. The van der Waals surface area contributed by atoms with E-state index in [1.807, 2.05) is 25.8 Å². The lowest BCUT2D eigenvalue weighted by atomic mass is 10.0. The molecular formula is C20H30N4O4S. The summed E-state index contributed by atoms with van der Waals surface area (Å²) in [5.74, 6) is -0.253. The molecule has 29 heavy (non-hydrogen) atoms. The molecule has 2 aliphatic rings. The van der Waals surface area contributed by atoms with Gasteiger partial charge in [-0.2, -0.15) is 0 Å². The molecule has 1 unspecified atom stereocenters. The maximum atomic E-state index is 13.1. The van der Waals surface area contributed by atoms with Crippen LogP contribution in [0.15, 0.2) is 0 Å². The minimum absolute atomic E-state index is 0.00114. The molecule has 3 rings (SSSR count). The van der Waals surface area contributed by atoms with E-state index in [4.69, 9.17) is 0 Å². The van der Waals surface area contributed by atoms with E-state index >= 15 is 0 Å². The van der Waals surface area contributed by atoms with Crippen molar-refractivity contribution in [3.63, 3.8) is 0 Å². The molecule has 8 nitrogen and oxygen atoms in total. The molecule has 3 amide bonds. The van der Waals surface area contributed by atoms with Crippen molar-refractivity contribution in [2.24, 2.45) is 0 Å². The Morgan fingerprint density at radius 3 is 2.62 bits per heavy atom. The minimum atomic E-state index is -0.198. The second-order valence-electron chi connectivity index (χ2n) is 7.62. The van der Waals surface area contributed by atoms with Gasteiger partial charge in [0.2, 0.25) is 11.8 Å². The topological polar surface area (TPSA) is 84.4 Å². The number of hydrogen-bond acceptors (Lipinski definition) is 6. The lowest BCUT2D eigenvalue weighted by Gasteiger charge is -2.33. The summed E-state index contributed by atoms with van der Waals surface area (Å²) in [4.78, 5) is 46.5. The molecule has 1 aromatic rings. The van der Waals surface area contributed by atoms with Crippen molar-refractivity contribution in [3.8, 4) is 0 Å². The van der Waals surface area contributed by atoms with E-state index in [2.05, 4.69) is 4.90 Å². The van der Waals surface area contributed by atoms with Gasteiger partial charge in [-0.3, -0.25) is 24.2 Å². The molecule has 1 aromatic heterocycles. The van der Waals surface area contributed by atoms with Gasteiger partial charge < -0.3 is 14.9 Å². The van der Waals surface area contributed by atoms with E-state index in [0.29, 0.717) is 30.1 Å². The van der Waals surface area contributed by atoms with E-state index < -0.39 is 0 Å². The Balaban J connectivity index is 1.94. The summed E-state index contributed by atoms with van der Waals surface area (Å²) in [5.41, 5.74) is 1.51. The number of anilines is 1. The van der Waals surface area contributed by atoms with Crippen molar-refractivity contribution >= 4 is 34.1 Å². The van der Waals surface area contributed by atoms with Crippen molar-refractivity contribution in [3.05, 3.63) is 16.0 Å². The fourth-order valence-corrected chi connectivity index (χ4v) is 5.48. The number of rotatable bonds is 6. The number of amides is 3. The zero-order chi connectivity index (χ0) is 21.3. The molecular weight excluding hydrogens is 392 g/mol. The summed E-state index contributed by atoms with van der Waals surface area (Å²) in [5, 5.41) is 10.0. The highest BCUT2D eigenvalue weighted by Crippen LogP contribution is 2.41. The SMILES string of the molecule is CCC(C(=O)N1CCc2c(sc3c2C(=O)N(C)CC(=O)N3CCO)C1)N(C)CC. The van der Waals surface area contributed by atoms with E-state index in [1.165, 1.54) is 21.1 Å². The van der Waals surface area contributed by atoms with Crippen molar-refractivity contribution in [1.82, 2.24) is 14.7 Å². The number of β-amino-alcohol motifs (C(OH)–C–C–N with tert-alkyl or cyclic N) is 1. The smallest absolute Gasteiger partial charge is 0.257 e. The third-order valence-corrected chi connectivity index (χ3v) is 7.10. The molecule has 0 radical (unpaired) electrons. The Morgan fingerprint density at radius 1 is 1.28 bits per heavy atom. The van der Waals surface area contributed by atoms with Gasteiger partial charge in [-0.15, -0.1) is 11.3 Å². The lowest BCUT2D eigenvalue weighted by molar-refractivity contribution is -0.137. The fraction of sp³-hybridized carbons (Fsp3) is 0.650. The monoisotopic (exact) mass is 422 g/mol. The molecule has 0 aromatic carbocycles. The average molecular weight is 423 g/mol. The first-order chi connectivity index (χ1) is 13.8. The quantitative estimate of drug-likeness (QED) is 0.732. The van der Waals surface area contributed by atoms with Crippen LogP contribution in [-0.4, -0.2) is 90.5 Å². The number of aliphatic hydroxyl groups is 1. The molecule has 0 spiro atoms. The Hall–Kier alpha value is -1.97. The Kier molecular flexibility index (Phi) is 6.60. The molecule has 0 bridgehead atoms. The molecule has 2 aliphatic heterocycles. The molecule has 0 saturated heterocycles. The minimum Gasteiger partial charge on any atom is -0.395 e. The van der Waals surface area contributed by atoms with E-state index in [0.717, 1.165) is 23.4 Å². The summed E-state index contributed by atoms with van der Waals surface area (Å²) in [6.07, 6.45) is 1.34. The summed E-state index contributed by atoms with van der Waals surface area (Å²) in [6.45, 7) is 5.87. The molecule has 160 valence electrons. The van der Waals surface area contributed by atoms with Gasteiger partial charge in [0.25, 0.3) is 5.91 Å². The van der Waals surface area contributed by atoms with Gasteiger partial charge in [0.15, 0.2) is 0 Å². The van der Waals surface area contributed by atoms with Crippen LogP contribution in [-0.2, 0) is 22.6 Å². The van der Waals surface area contributed by atoms with Gasteiger partial charge in [0.05, 0.1) is 24.8 Å². The predicted molar refractivity (Wildman–Crippen MR) is 112 cm³/mol. The van der Waals surface area contributed by atoms with Crippen molar-refractivity contribution in [2.45, 2.75) is 39.3 Å². The van der Waals surface area contributed by atoms with Gasteiger partial charge in [-0.1, -0.05) is 13.8 Å². The van der Waals surface area contributed by atoms with Crippen LogP contribution in [0.2, 0.25) is 0 Å². The number of carbonyl (C=O) groups is 3. The van der Waals surface area contributed by atoms with Crippen LogP contribution in [0.5, 0.6) is 0 Å². The van der Waals surface area contributed by atoms with Crippen LogP contribution in [0.1, 0.15) is 41.1 Å². The van der Waals surface area contributed by atoms with E-state index in [1.54, 1.807) is 7.05 Å².